The Morgan fingerprint density at radius 3 is 2.62 bits per heavy atom. The molecule has 0 saturated heterocycles. The third kappa shape index (κ3) is 4.27. The molecule has 2 heterocycles. The smallest absolute Gasteiger partial charge is 0.255 e. The Hall–Kier alpha value is -3.15. The van der Waals surface area contributed by atoms with Gasteiger partial charge in [-0.05, 0) is 25.5 Å². The highest BCUT2D eigenvalue weighted by molar-refractivity contribution is 5.93. The molecule has 6 heteroatoms. The summed E-state index contributed by atoms with van der Waals surface area (Å²) in [5.74, 6) is 1.06. The van der Waals surface area contributed by atoms with Gasteiger partial charge in [0.2, 0.25) is 5.88 Å². The second kappa shape index (κ2) is 7.82. The van der Waals surface area contributed by atoms with E-state index in [4.69, 9.17) is 9.26 Å². The molecule has 0 N–H and O–H groups in total. The van der Waals surface area contributed by atoms with Crippen LogP contribution in [-0.4, -0.2) is 28.0 Å². The fraction of sp³-hybridized carbons (Fsp3) is 0.250. The van der Waals surface area contributed by atoms with Crippen LogP contribution in [0.2, 0.25) is 0 Å². The van der Waals surface area contributed by atoms with E-state index in [2.05, 4.69) is 10.1 Å². The Bertz CT molecular complexity index is 860. The van der Waals surface area contributed by atoms with Gasteiger partial charge >= 0.3 is 0 Å². The predicted octanol–water partition coefficient (Wildman–Crippen LogP) is 3.79. The van der Waals surface area contributed by atoms with Gasteiger partial charge in [-0.15, -0.1) is 0 Å². The number of ether oxygens (including phenoxy) is 1. The molecule has 0 bridgehead atoms. The molecule has 0 aliphatic heterocycles. The van der Waals surface area contributed by atoms with E-state index in [9.17, 15) is 4.79 Å². The largest absolute Gasteiger partial charge is 0.470 e. The first kappa shape index (κ1) is 17.7. The molecule has 1 atom stereocenters. The van der Waals surface area contributed by atoms with Crippen molar-refractivity contribution in [2.75, 3.05) is 7.05 Å². The summed E-state index contributed by atoms with van der Waals surface area (Å²) in [4.78, 5) is 18.3. The summed E-state index contributed by atoms with van der Waals surface area (Å²) in [7, 11) is 1.72. The Kier molecular flexibility index (Phi) is 5.31. The maximum Gasteiger partial charge on any atom is 0.255 e. The van der Waals surface area contributed by atoms with Crippen molar-refractivity contribution in [3.8, 4) is 5.88 Å². The molecule has 2 aromatic heterocycles. The van der Waals surface area contributed by atoms with Gasteiger partial charge < -0.3 is 14.2 Å². The Labute approximate surface area is 152 Å². The van der Waals surface area contributed by atoms with Gasteiger partial charge in [-0.25, -0.2) is 4.98 Å². The molecule has 0 fully saturated rings. The number of rotatable bonds is 6. The zero-order valence-corrected chi connectivity index (χ0v) is 15.0. The van der Waals surface area contributed by atoms with E-state index in [0.29, 0.717) is 23.7 Å². The van der Waals surface area contributed by atoms with Crippen molar-refractivity contribution >= 4 is 5.91 Å². The van der Waals surface area contributed by atoms with Gasteiger partial charge in [0, 0.05) is 25.4 Å². The number of benzene rings is 1. The number of hydrogen-bond acceptors (Lipinski definition) is 5. The minimum Gasteiger partial charge on any atom is -0.470 e. The Balaban J connectivity index is 1.62. The highest BCUT2D eigenvalue weighted by Crippen LogP contribution is 2.20. The third-order valence-electron chi connectivity index (χ3n) is 3.97. The molecule has 1 unspecified atom stereocenters. The first-order chi connectivity index (χ1) is 12.5. The van der Waals surface area contributed by atoms with E-state index in [0.717, 1.165) is 11.3 Å². The van der Waals surface area contributed by atoms with Gasteiger partial charge in [0.25, 0.3) is 5.91 Å². The average Bonchev–Trinajstić information content (AvgIpc) is 3.07. The monoisotopic (exact) mass is 351 g/mol. The summed E-state index contributed by atoms with van der Waals surface area (Å²) in [6.45, 7) is 4.15. The second-order valence-corrected chi connectivity index (χ2v) is 6.15. The van der Waals surface area contributed by atoms with Crippen LogP contribution in [0.25, 0.3) is 0 Å². The fourth-order valence-electron chi connectivity index (χ4n) is 2.58. The highest BCUT2D eigenvalue weighted by atomic mass is 16.5. The van der Waals surface area contributed by atoms with Crippen molar-refractivity contribution in [2.24, 2.45) is 0 Å². The SMILES string of the molecule is Cc1cc(CN(C)C(=O)c2ccc(OC(C)c3ccccc3)nc2)no1. The summed E-state index contributed by atoms with van der Waals surface area (Å²) in [5.41, 5.74) is 2.27. The Morgan fingerprint density at radius 2 is 2.00 bits per heavy atom. The average molecular weight is 351 g/mol. The fourth-order valence-corrected chi connectivity index (χ4v) is 2.58. The molecule has 0 aliphatic carbocycles. The number of carbonyl (C=O) groups excluding carboxylic acids is 1. The summed E-state index contributed by atoms with van der Waals surface area (Å²) >= 11 is 0. The quantitative estimate of drug-likeness (QED) is 0.676. The lowest BCUT2D eigenvalue weighted by Gasteiger charge is -2.16. The standard InChI is InChI=1S/C20H21N3O3/c1-14-11-18(22-26-14)13-23(3)20(24)17-9-10-19(21-12-17)25-15(2)16-7-5-4-6-8-16/h4-12,15H,13H2,1-3H3. The van der Waals surface area contributed by atoms with Gasteiger partial charge in [-0.3, -0.25) is 4.79 Å². The van der Waals surface area contributed by atoms with Crippen molar-refractivity contribution in [1.82, 2.24) is 15.0 Å². The molecule has 0 spiro atoms. The van der Waals surface area contributed by atoms with Crippen LogP contribution in [0.5, 0.6) is 5.88 Å². The van der Waals surface area contributed by atoms with Crippen LogP contribution in [0.4, 0.5) is 0 Å². The summed E-state index contributed by atoms with van der Waals surface area (Å²) in [5, 5.41) is 3.90. The zero-order chi connectivity index (χ0) is 18.5. The topological polar surface area (TPSA) is 68.5 Å². The van der Waals surface area contributed by atoms with Crippen LogP contribution in [0.15, 0.2) is 59.3 Å². The maximum absolute atomic E-state index is 12.5. The molecule has 1 aromatic carbocycles. The molecule has 0 radical (unpaired) electrons. The molecule has 0 aliphatic rings. The lowest BCUT2D eigenvalue weighted by molar-refractivity contribution is 0.0781. The molecule has 0 saturated carbocycles. The summed E-state index contributed by atoms with van der Waals surface area (Å²) in [6, 6.07) is 15.1. The minimum atomic E-state index is -0.138. The van der Waals surface area contributed by atoms with Crippen LogP contribution in [0.1, 0.15) is 40.4 Å². The van der Waals surface area contributed by atoms with Crippen LogP contribution < -0.4 is 4.74 Å². The maximum atomic E-state index is 12.5. The van der Waals surface area contributed by atoms with Gasteiger partial charge in [0.05, 0.1) is 12.1 Å². The number of aryl methyl sites for hydroxylation is 1. The second-order valence-electron chi connectivity index (χ2n) is 6.15. The Morgan fingerprint density at radius 1 is 1.23 bits per heavy atom. The van der Waals surface area contributed by atoms with Gasteiger partial charge in [0.1, 0.15) is 17.6 Å². The molecule has 6 nitrogen and oxygen atoms in total. The minimum absolute atomic E-state index is 0.122. The third-order valence-corrected chi connectivity index (χ3v) is 3.97. The van der Waals surface area contributed by atoms with Crippen LogP contribution in [0.3, 0.4) is 0 Å². The van der Waals surface area contributed by atoms with E-state index in [1.165, 1.54) is 6.20 Å². The number of hydrogen-bond donors (Lipinski definition) is 0. The van der Waals surface area contributed by atoms with E-state index >= 15 is 0 Å². The first-order valence-corrected chi connectivity index (χ1v) is 8.38. The number of nitrogens with zero attached hydrogens (tertiary/aromatic N) is 3. The lowest BCUT2D eigenvalue weighted by Crippen LogP contribution is -2.26. The zero-order valence-electron chi connectivity index (χ0n) is 15.0. The first-order valence-electron chi connectivity index (χ1n) is 8.38. The van der Waals surface area contributed by atoms with Gasteiger partial charge in [-0.1, -0.05) is 35.5 Å². The number of amides is 1. The molecule has 3 rings (SSSR count). The van der Waals surface area contributed by atoms with Crippen molar-refractivity contribution in [3.05, 3.63) is 77.3 Å². The van der Waals surface area contributed by atoms with E-state index in [1.807, 2.05) is 50.2 Å². The molecular formula is C20H21N3O3. The molecule has 1 amide bonds. The van der Waals surface area contributed by atoms with Crippen molar-refractivity contribution in [3.63, 3.8) is 0 Å². The van der Waals surface area contributed by atoms with Crippen LogP contribution in [-0.2, 0) is 6.54 Å². The number of pyridine rings is 1. The van der Waals surface area contributed by atoms with Crippen LogP contribution in [0, 0.1) is 6.92 Å². The van der Waals surface area contributed by atoms with Crippen molar-refractivity contribution < 1.29 is 14.1 Å². The number of aromatic nitrogens is 2. The van der Waals surface area contributed by atoms with E-state index in [-0.39, 0.29) is 12.0 Å². The van der Waals surface area contributed by atoms with Gasteiger partial charge in [-0.2, -0.15) is 0 Å². The predicted molar refractivity (Wildman–Crippen MR) is 96.8 cm³/mol. The summed E-state index contributed by atoms with van der Waals surface area (Å²) in [6.07, 6.45) is 1.41. The van der Waals surface area contributed by atoms with E-state index < -0.39 is 0 Å². The molecular weight excluding hydrogens is 330 g/mol. The lowest BCUT2D eigenvalue weighted by atomic mass is 10.1. The number of carbonyl (C=O) groups is 1. The van der Waals surface area contributed by atoms with Crippen molar-refractivity contribution in [1.29, 1.82) is 0 Å². The van der Waals surface area contributed by atoms with Gasteiger partial charge in [0.15, 0.2) is 0 Å². The molecule has 26 heavy (non-hydrogen) atoms. The highest BCUT2D eigenvalue weighted by Gasteiger charge is 2.15. The van der Waals surface area contributed by atoms with E-state index in [1.54, 1.807) is 24.1 Å². The molecule has 134 valence electrons. The molecule has 3 aromatic rings. The summed E-state index contributed by atoms with van der Waals surface area (Å²) < 4.78 is 10.9. The van der Waals surface area contributed by atoms with Crippen molar-refractivity contribution in [2.45, 2.75) is 26.5 Å². The van der Waals surface area contributed by atoms with Crippen LogP contribution >= 0.6 is 0 Å². The normalized spacial score (nSPS) is 11.8.